The van der Waals surface area contributed by atoms with Crippen LogP contribution in [0.25, 0.3) is 0 Å². The SMILES string of the molecule is CC(C)(C)n1cc(CNCCO)nn1. The van der Waals surface area contributed by atoms with Crippen LogP contribution in [0, 0.1) is 0 Å². The molecule has 1 rings (SSSR count). The number of aromatic nitrogens is 3. The van der Waals surface area contributed by atoms with E-state index in [1.807, 2.05) is 10.9 Å². The van der Waals surface area contributed by atoms with Gasteiger partial charge in [0, 0.05) is 13.1 Å². The first-order chi connectivity index (χ1) is 6.54. The number of hydrogen-bond donors (Lipinski definition) is 2. The minimum absolute atomic E-state index is 0.0256. The van der Waals surface area contributed by atoms with E-state index in [1.54, 1.807) is 0 Å². The molecule has 0 aliphatic rings. The molecule has 14 heavy (non-hydrogen) atoms. The van der Waals surface area contributed by atoms with Gasteiger partial charge in [-0.3, -0.25) is 0 Å². The van der Waals surface area contributed by atoms with Crippen LogP contribution in [0.3, 0.4) is 0 Å². The van der Waals surface area contributed by atoms with Gasteiger partial charge in [0.2, 0.25) is 0 Å². The highest BCUT2D eigenvalue weighted by atomic mass is 16.3. The van der Waals surface area contributed by atoms with Crippen LogP contribution in [0.2, 0.25) is 0 Å². The first-order valence-corrected chi connectivity index (χ1v) is 4.77. The van der Waals surface area contributed by atoms with E-state index in [-0.39, 0.29) is 12.1 Å². The molecule has 0 spiro atoms. The van der Waals surface area contributed by atoms with Crippen molar-refractivity contribution in [1.29, 1.82) is 0 Å². The highest BCUT2D eigenvalue weighted by molar-refractivity contribution is 4.93. The van der Waals surface area contributed by atoms with Crippen LogP contribution >= 0.6 is 0 Å². The lowest BCUT2D eigenvalue weighted by Gasteiger charge is -2.17. The van der Waals surface area contributed by atoms with Crippen molar-refractivity contribution < 1.29 is 5.11 Å². The Morgan fingerprint density at radius 2 is 2.21 bits per heavy atom. The van der Waals surface area contributed by atoms with Crippen LogP contribution in [-0.2, 0) is 12.1 Å². The molecule has 80 valence electrons. The van der Waals surface area contributed by atoms with Crippen LogP contribution < -0.4 is 5.32 Å². The van der Waals surface area contributed by atoms with E-state index < -0.39 is 0 Å². The van der Waals surface area contributed by atoms with Gasteiger partial charge in [0.05, 0.1) is 24.0 Å². The van der Waals surface area contributed by atoms with E-state index in [0.29, 0.717) is 13.1 Å². The van der Waals surface area contributed by atoms with Gasteiger partial charge in [-0.2, -0.15) is 0 Å². The molecule has 1 heterocycles. The summed E-state index contributed by atoms with van der Waals surface area (Å²) in [7, 11) is 0. The molecule has 0 aliphatic heterocycles. The van der Waals surface area contributed by atoms with Crippen molar-refractivity contribution in [2.24, 2.45) is 0 Å². The molecule has 0 saturated heterocycles. The first-order valence-electron chi connectivity index (χ1n) is 4.77. The van der Waals surface area contributed by atoms with Crippen molar-refractivity contribution in [2.75, 3.05) is 13.2 Å². The number of hydrogen-bond acceptors (Lipinski definition) is 4. The lowest BCUT2D eigenvalue weighted by atomic mass is 10.1. The van der Waals surface area contributed by atoms with Crippen molar-refractivity contribution in [3.05, 3.63) is 11.9 Å². The standard InChI is InChI=1S/C9H18N4O/c1-9(2,3)13-7-8(11-12-13)6-10-4-5-14/h7,10,14H,4-6H2,1-3H3. The van der Waals surface area contributed by atoms with Gasteiger partial charge in [0.25, 0.3) is 0 Å². The number of nitrogens with zero attached hydrogens (tertiary/aromatic N) is 3. The van der Waals surface area contributed by atoms with Crippen LogP contribution in [0.5, 0.6) is 0 Å². The molecule has 1 aromatic heterocycles. The maximum absolute atomic E-state index is 8.57. The summed E-state index contributed by atoms with van der Waals surface area (Å²) in [4.78, 5) is 0. The molecule has 0 saturated carbocycles. The lowest BCUT2D eigenvalue weighted by molar-refractivity contribution is 0.291. The average Bonchev–Trinajstić information content (AvgIpc) is 2.52. The third-order valence-corrected chi connectivity index (χ3v) is 1.82. The Morgan fingerprint density at radius 3 is 2.71 bits per heavy atom. The molecule has 1 aromatic rings. The van der Waals surface area contributed by atoms with Gasteiger partial charge in [-0.25, -0.2) is 4.68 Å². The number of aliphatic hydroxyl groups excluding tert-OH is 1. The molecule has 5 nitrogen and oxygen atoms in total. The molecule has 2 N–H and O–H groups in total. The Morgan fingerprint density at radius 1 is 1.50 bits per heavy atom. The molecule has 0 aromatic carbocycles. The Labute approximate surface area is 84.1 Å². The molecule has 0 bridgehead atoms. The summed E-state index contributed by atoms with van der Waals surface area (Å²) in [5, 5.41) is 19.7. The summed E-state index contributed by atoms with van der Waals surface area (Å²) >= 11 is 0. The Balaban J connectivity index is 2.51. The van der Waals surface area contributed by atoms with Gasteiger partial charge in [-0.1, -0.05) is 5.21 Å². The molecule has 0 atom stereocenters. The highest BCUT2D eigenvalue weighted by Crippen LogP contribution is 2.11. The smallest absolute Gasteiger partial charge is 0.0965 e. The summed E-state index contributed by atoms with van der Waals surface area (Å²) in [6, 6.07) is 0. The Kier molecular flexibility index (Phi) is 3.60. The summed E-state index contributed by atoms with van der Waals surface area (Å²) in [6.45, 7) is 7.61. The fraction of sp³-hybridized carbons (Fsp3) is 0.778. The Bertz CT molecular complexity index is 277. The fourth-order valence-electron chi connectivity index (χ4n) is 1.00. The van der Waals surface area contributed by atoms with Gasteiger partial charge < -0.3 is 10.4 Å². The molecular weight excluding hydrogens is 180 g/mol. The van der Waals surface area contributed by atoms with Crippen molar-refractivity contribution >= 4 is 0 Å². The molecule has 0 aliphatic carbocycles. The van der Waals surface area contributed by atoms with Gasteiger partial charge in [0.15, 0.2) is 0 Å². The van der Waals surface area contributed by atoms with E-state index >= 15 is 0 Å². The largest absolute Gasteiger partial charge is 0.395 e. The zero-order valence-corrected chi connectivity index (χ0v) is 8.99. The van der Waals surface area contributed by atoms with Crippen LogP contribution in [-0.4, -0.2) is 33.3 Å². The van der Waals surface area contributed by atoms with E-state index in [1.165, 1.54) is 0 Å². The number of rotatable bonds is 4. The van der Waals surface area contributed by atoms with Crippen LogP contribution in [0.15, 0.2) is 6.20 Å². The average molecular weight is 198 g/mol. The Hall–Kier alpha value is -0.940. The third kappa shape index (κ3) is 3.08. The summed E-state index contributed by atoms with van der Waals surface area (Å²) in [5.74, 6) is 0. The fourth-order valence-corrected chi connectivity index (χ4v) is 1.00. The molecule has 0 fully saturated rings. The second kappa shape index (κ2) is 4.52. The van der Waals surface area contributed by atoms with E-state index in [9.17, 15) is 0 Å². The molecule has 5 heteroatoms. The van der Waals surface area contributed by atoms with Crippen molar-refractivity contribution in [3.8, 4) is 0 Å². The van der Waals surface area contributed by atoms with Crippen LogP contribution in [0.4, 0.5) is 0 Å². The minimum Gasteiger partial charge on any atom is -0.395 e. The highest BCUT2D eigenvalue weighted by Gasteiger charge is 2.14. The van der Waals surface area contributed by atoms with Crippen molar-refractivity contribution in [3.63, 3.8) is 0 Å². The summed E-state index contributed by atoms with van der Waals surface area (Å²) in [6.07, 6.45) is 1.92. The predicted octanol–water partition coefficient (Wildman–Crippen LogP) is 0.115. The first kappa shape index (κ1) is 11.1. The normalized spacial score (nSPS) is 12.0. The summed E-state index contributed by atoms with van der Waals surface area (Å²) in [5.41, 5.74) is 0.871. The van der Waals surface area contributed by atoms with E-state index in [2.05, 4.69) is 36.4 Å². The minimum atomic E-state index is -0.0256. The zero-order valence-electron chi connectivity index (χ0n) is 8.99. The van der Waals surface area contributed by atoms with Gasteiger partial charge in [0.1, 0.15) is 0 Å². The second-order valence-corrected chi connectivity index (χ2v) is 4.23. The topological polar surface area (TPSA) is 63.0 Å². The number of nitrogens with one attached hydrogen (secondary N) is 1. The molecule has 0 unspecified atom stereocenters. The monoisotopic (exact) mass is 198 g/mol. The van der Waals surface area contributed by atoms with E-state index in [0.717, 1.165) is 5.69 Å². The van der Waals surface area contributed by atoms with E-state index in [4.69, 9.17) is 5.11 Å². The maximum atomic E-state index is 8.57. The zero-order chi connectivity index (χ0) is 10.6. The quantitative estimate of drug-likeness (QED) is 0.674. The maximum Gasteiger partial charge on any atom is 0.0965 e. The van der Waals surface area contributed by atoms with Gasteiger partial charge in [-0.05, 0) is 20.8 Å². The predicted molar refractivity (Wildman–Crippen MR) is 53.8 cm³/mol. The second-order valence-electron chi connectivity index (χ2n) is 4.23. The molecule has 0 amide bonds. The summed E-state index contributed by atoms with van der Waals surface area (Å²) < 4.78 is 1.84. The number of aliphatic hydroxyl groups is 1. The third-order valence-electron chi connectivity index (χ3n) is 1.82. The van der Waals surface area contributed by atoms with Crippen molar-refractivity contribution in [2.45, 2.75) is 32.9 Å². The van der Waals surface area contributed by atoms with Gasteiger partial charge >= 0.3 is 0 Å². The molecular formula is C9H18N4O. The van der Waals surface area contributed by atoms with Crippen LogP contribution in [0.1, 0.15) is 26.5 Å². The van der Waals surface area contributed by atoms with Gasteiger partial charge in [-0.15, -0.1) is 5.10 Å². The molecule has 0 radical (unpaired) electrons. The lowest BCUT2D eigenvalue weighted by Crippen LogP contribution is -2.22. The van der Waals surface area contributed by atoms with Crippen molar-refractivity contribution in [1.82, 2.24) is 20.3 Å².